The van der Waals surface area contributed by atoms with Crippen LogP contribution in [0.3, 0.4) is 0 Å². The number of amides is 1. The van der Waals surface area contributed by atoms with Gasteiger partial charge in [0.2, 0.25) is 0 Å². The largest absolute Gasteiger partial charge is 0.348 e. The van der Waals surface area contributed by atoms with Crippen molar-refractivity contribution >= 4 is 5.91 Å². The number of hydrogen-bond donors (Lipinski definition) is 1. The Labute approximate surface area is 142 Å². The Hall–Kier alpha value is -2.88. The van der Waals surface area contributed by atoms with Gasteiger partial charge in [-0.25, -0.2) is 0 Å². The van der Waals surface area contributed by atoms with Crippen LogP contribution in [0, 0.1) is 13.8 Å². The van der Waals surface area contributed by atoms with E-state index in [0.717, 1.165) is 28.1 Å². The Kier molecular flexibility index (Phi) is 4.47. The summed E-state index contributed by atoms with van der Waals surface area (Å²) in [5.41, 5.74) is 5.91. The van der Waals surface area contributed by atoms with E-state index >= 15 is 0 Å². The van der Waals surface area contributed by atoms with E-state index < -0.39 is 0 Å². The molecule has 1 heterocycles. The first-order chi connectivity index (χ1) is 11.6. The lowest BCUT2D eigenvalue weighted by Gasteiger charge is -2.08. The van der Waals surface area contributed by atoms with Crippen molar-refractivity contribution < 1.29 is 4.79 Å². The SMILES string of the molecule is Cc1nn(C)c(C)c1CNC(=O)c1cccc(-c2ccccc2)c1. The van der Waals surface area contributed by atoms with E-state index in [1.165, 1.54) is 0 Å². The number of rotatable bonds is 4. The molecule has 2 aromatic carbocycles. The number of aryl methyl sites for hydroxylation is 2. The minimum absolute atomic E-state index is 0.0737. The predicted octanol–water partition coefficient (Wildman–Crippen LogP) is 3.63. The standard InChI is InChI=1S/C20H21N3O/c1-14-19(15(2)23(3)22-14)13-21-20(24)18-11-7-10-17(12-18)16-8-5-4-6-9-16/h4-12H,13H2,1-3H3,(H,21,24). The third-order valence-corrected chi connectivity index (χ3v) is 4.32. The quantitative estimate of drug-likeness (QED) is 0.798. The van der Waals surface area contributed by atoms with Gasteiger partial charge in [-0.2, -0.15) is 5.10 Å². The van der Waals surface area contributed by atoms with Crippen molar-refractivity contribution in [2.45, 2.75) is 20.4 Å². The summed E-state index contributed by atoms with van der Waals surface area (Å²) in [4.78, 5) is 12.5. The molecular formula is C20H21N3O. The molecule has 4 heteroatoms. The highest BCUT2D eigenvalue weighted by Crippen LogP contribution is 2.20. The predicted molar refractivity (Wildman–Crippen MR) is 95.7 cm³/mol. The minimum Gasteiger partial charge on any atom is -0.348 e. The molecule has 0 atom stereocenters. The van der Waals surface area contributed by atoms with Gasteiger partial charge in [0.25, 0.3) is 5.91 Å². The Morgan fingerprint density at radius 2 is 1.75 bits per heavy atom. The molecule has 0 aliphatic heterocycles. The van der Waals surface area contributed by atoms with E-state index in [1.807, 2.05) is 80.2 Å². The van der Waals surface area contributed by atoms with Gasteiger partial charge < -0.3 is 5.32 Å². The molecule has 3 aromatic rings. The Morgan fingerprint density at radius 3 is 2.42 bits per heavy atom. The second-order valence-electron chi connectivity index (χ2n) is 5.90. The zero-order valence-electron chi connectivity index (χ0n) is 14.2. The van der Waals surface area contributed by atoms with Crippen molar-refractivity contribution in [1.29, 1.82) is 0 Å². The van der Waals surface area contributed by atoms with Gasteiger partial charge in [0.15, 0.2) is 0 Å². The zero-order chi connectivity index (χ0) is 17.1. The maximum absolute atomic E-state index is 12.5. The summed E-state index contributed by atoms with van der Waals surface area (Å²) in [6.45, 7) is 4.46. The first kappa shape index (κ1) is 16.0. The summed E-state index contributed by atoms with van der Waals surface area (Å²) in [6.07, 6.45) is 0. The molecule has 3 rings (SSSR count). The molecule has 122 valence electrons. The Balaban J connectivity index is 1.76. The van der Waals surface area contributed by atoms with Gasteiger partial charge in [-0.05, 0) is 37.1 Å². The van der Waals surface area contributed by atoms with Crippen molar-refractivity contribution in [2.24, 2.45) is 7.05 Å². The number of hydrogen-bond acceptors (Lipinski definition) is 2. The molecule has 0 saturated carbocycles. The molecule has 24 heavy (non-hydrogen) atoms. The molecule has 1 aromatic heterocycles. The van der Waals surface area contributed by atoms with Gasteiger partial charge in [-0.1, -0.05) is 42.5 Å². The van der Waals surface area contributed by atoms with Gasteiger partial charge in [0.1, 0.15) is 0 Å². The molecule has 0 spiro atoms. The third-order valence-electron chi connectivity index (χ3n) is 4.32. The lowest BCUT2D eigenvalue weighted by Crippen LogP contribution is -2.23. The van der Waals surface area contributed by atoms with Crippen LogP contribution in [-0.4, -0.2) is 15.7 Å². The molecular weight excluding hydrogens is 298 g/mol. The van der Waals surface area contributed by atoms with Crippen LogP contribution < -0.4 is 5.32 Å². The maximum atomic E-state index is 12.5. The lowest BCUT2D eigenvalue weighted by atomic mass is 10.0. The van der Waals surface area contributed by atoms with Gasteiger partial charge in [-0.15, -0.1) is 0 Å². The summed E-state index contributed by atoms with van der Waals surface area (Å²) in [5.74, 6) is -0.0737. The molecule has 0 fully saturated rings. The molecule has 0 aliphatic carbocycles. The molecule has 0 aliphatic rings. The van der Waals surface area contributed by atoms with E-state index in [-0.39, 0.29) is 5.91 Å². The summed E-state index contributed by atoms with van der Waals surface area (Å²) in [6, 6.07) is 17.8. The fourth-order valence-corrected chi connectivity index (χ4v) is 2.81. The number of carbonyl (C=O) groups excluding carboxylic acids is 1. The highest BCUT2D eigenvalue weighted by Gasteiger charge is 2.12. The second-order valence-corrected chi connectivity index (χ2v) is 5.90. The normalized spacial score (nSPS) is 10.6. The number of aromatic nitrogens is 2. The average molecular weight is 319 g/mol. The monoisotopic (exact) mass is 319 g/mol. The lowest BCUT2D eigenvalue weighted by molar-refractivity contribution is 0.0951. The van der Waals surface area contributed by atoms with Gasteiger partial charge in [0, 0.05) is 30.4 Å². The van der Waals surface area contributed by atoms with Crippen LogP contribution in [0.2, 0.25) is 0 Å². The minimum atomic E-state index is -0.0737. The van der Waals surface area contributed by atoms with E-state index in [1.54, 1.807) is 0 Å². The average Bonchev–Trinajstić information content (AvgIpc) is 2.86. The molecule has 0 radical (unpaired) electrons. The molecule has 1 amide bonds. The summed E-state index contributed by atoms with van der Waals surface area (Å²) >= 11 is 0. The smallest absolute Gasteiger partial charge is 0.251 e. The highest BCUT2D eigenvalue weighted by molar-refractivity contribution is 5.95. The fourth-order valence-electron chi connectivity index (χ4n) is 2.81. The first-order valence-corrected chi connectivity index (χ1v) is 7.99. The number of nitrogens with zero attached hydrogens (tertiary/aromatic N) is 2. The zero-order valence-corrected chi connectivity index (χ0v) is 14.2. The number of carbonyl (C=O) groups is 1. The van der Waals surface area contributed by atoms with E-state index in [9.17, 15) is 4.79 Å². The van der Waals surface area contributed by atoms with Crippen molar-refractivity contribution in [1.82, 2.24) is 15.1 Å². The van der Waals surface area contributed by atoms with E-state index in [0.29, 0.717) is 12.1 Å². The van der Waals surface area contributed by atoms with Gasteiger partial charge >= 0.3 is 0 Å². The van der Waals surface area contributed by atoms with Crippen LogP contribution in [0.1, 0.15) is 27.3 Å². The first-order valence-electron chi connectivity index (χ1n) is 7.99. The van der Waals surface area contributed by atoms with E-state index in [4.69, 9.17) is 0 Å². The van der Waals surface area contributed by atoms with Crippen LogP contribution in [-0.2, 0) is 13.6 Å². The van der Waals surface area contributed by atoms with Crippen molar-refractivity contribution in [3.05, 3.63) is 77.1 Å². The Morgan fingerprint density at radius 1 is 1.04 bits per heavy atom. The molecule has 1 N–H and O–H groups in total. The number of benzene rings is 2. The topological polar surface area (TPSA) is 46.9 Å². The van der Waals surface area contributed by atoms with Crippen molar-refractivity contribution in [2.75, 3.05) is 0 Å². The van der Waals surface area contributed by atoms with Gasteiger partial charge in [-0.3, -0.25) is 9.48 Å². The third kappa shape index (κ3) is 3.23. The van der Waals surface area contributed by atoms with Gasteiger partial charge in [0.05, 0.1) is 5.69 Å². The summed E-state index contributed by atoms with van der Waals surface area (Å²) in [5, 5.41) is 7.38. The second kappa shape index (κ2) is 6.71. The van der Waals surface area contributed by atoms with E-state index in [2.05, 4.69) is 10.4 Å². The maximum Gasteiger partial charge on any atom is 0.251 e. The van der Waals surface area contributed by atoms with Crippen LogP contribution in [0.4, 0.5) is 0 Å². The number of nitrogens with one attached hydrogen (secondary N) is 1. The van der Waals surface area contributed by atoms with Crippen LogP contribution in [0.15, 0.2) is 54.6 Å². The molecule has 4 nitrogen and oxygen atoms in total. The van der Waals surface area contributed by atoms with Crippen molar-refractivity contribution in [3.8, 4) is 11.1 Å². The Bertz CT molecular complexity index is 866. The van der Waals surface area contributed by atoms with Crippen LogP contribution >= 0.6 is 0 Å². The fraction of sp³-hybridized carbons (Fsp3) is 0.200. The summed E-state index contributed by atoms with van der Waals surface area (Å²) < 4.78 is 1.84. The molecule has 0 unspecified atom stereocenters. The van der Waals surface area contributed by atoms with Crippen molar-refractivity contribution in [3.63, 3.8) is 0 Å². The van der Waals surface area contributed by atoms with Crippen LogP contribution in [0.25, 0.3) is 11.1 Å². The highest BCUT2D eigenvalue weighted by atomic mass is 16.1. The molecule has 0 bridgehead atoms. The van der Waals surface area contributed by atoms with Crippen LogP contribution in [0.5, 0.6) is 0 Å². The summed E-state index contributed by atoms with van der Waals surface area (Å²) in [7, 11) is 1.91. The molecule has 0 saturated heterocycles.